The molecule has 6 atom stereocenters. The molecule has 0 unspecified atom stereocenters. The summed E-state index contributed by atoms with van der Waals surface area (Å²) in [7, 11) is 1.54. The average molecular weight is 651 g/mol. The topological polar surface area (TPSA) is 192 Å². The van der Waals surface area contributed by atoms with Gasteiger partial charge < -0.3 is 39.0 Å². The van der Waals surface area contributed by atoms with Crippen molar-refractivity contribution in [2.45, 2.75) is 80.7 Å². The van der Waals surface area contributed by atoms with Crippen LogP contribution in [0.5, 0.6) is 11.5 Å². The number of methoxy groups -OCH3 is 1. The molecule has 6 rings (SSSR count). The van der Waals surface area contributed by atoms with Gasteiger partial charge in [-0.15, -0.1) is 0 Å². The van der Waals surface area contributed by atoms with E-state index in [0.717, 1.165) is 24.0 Å². The fourth-order valence-electron chi connectivity index (χ4n) is 7.68. The Balaban J connectivity index is 1.15. The van der Waals surface area contributed by atoms with E-state index in [1.54, 1.807) is 31.4 Å². The fraction of sp³-hybridized carbons (Fsp3) is 0.441. The molecule has 0 saturated heterocycles. The second-order valence-corrected chi connectivity index (χ2v) is 12.2. The lowest BCUT2D eigenvalue weighted by Crippen LogP contribution is -2.67. The maximum absolute atomic E-state index is 13.1. The van der Waals surface area contributed by atoms with Gasteiger partial charge in [0.15, 0.2) is 17.6 Å². The van der Waals surface area contributed by atoms with E-state index in [9.17, 15) is 34.2 Å². The van der Waals surface area contributed by atoms with Gasteiger partial charge in [0.2, 0.25) is 12.2 Å². The second-order valence-electron chi connectivity index (χ2n) is 12.2. The number of benzene rings is 2. The normalized spacial score (nSPS) is 26.0. The van der Waals surface area contributed by atoms with Crippen molar-refractivity contribution < 1.29 is 63.0 Å². The lowest BCUT2D eigenvalue weighted by Gasteiger charge is -2.59. The SMILES string of the molecule is COc1ccc2c3c1O[C@@H]1C(OC(=O)CCC(=O)O[C@H](C(=O)O[C@H](CC(=O)O)C(=O)O)c4ccccc4)=CC[C@]4(O)[C@@H](CCC[C@@]314)C2. The van der Waals surface area contributed by atoms with Crippen molar-refractivity contribution in [1.29, 1.82) is 0 Å². The van der Waals surface area contributed by atoms with Crippen LogP contribution in [0.1, 0.15) is 67.7 Å². The minimum absolute atomic E-state index is 0.0108. The number of hydrogen-bond acceptors (Lipinski definition) is 11. The van der Waals surface area contributed by atoms with Crippen molar-refractivity contribution in [3.8, 4) is 11.5 Å². The van der Waals surface area contributed by atoms with Crippen LogP contribution in [0.4, 0.5) is 0 Å². The number of esters is 3. The van der Waals surface area contributed by atoms with Crippen molar-refractivity contribution in [2.75, 3.05) is 7.11 Å². The van der Waals surface area contributed by atoms with Crippen molar-refractivity contribution in [3.05, 3.63) is 71.0 Å². The van der Waals surface area contributed by atoms with Crippen LogP contribution >= 0.6 is 0 Å². The summed E-state index contributed by atoms with van der Waals surface area (Å²) < 4.78 is 28.0. The molecule has 2 bridgehead atoms. The molecule has 2 aromatic rings. The van der Waals surface area contributed by atoms with E-state index in [2.05, 4.69) is 0 Å². The molecule has 2 aromatic carbocycles. The van der Waals surface area contributed by atoms with E-state index in [1.807, 2.05) is 12.1 Å². The maximum atomic E-state index is 13.1. The van der Waals surface area contributed by atoms with Crippen molar-refractivity contribution in [3.63, 3.8) is 0 Å². The van der Waals surface area contributed by atoms with E-state index in [1.165, 1.54) is 12.1 Å². The highest BCUT2D eigenvalue weighted by atomic mass is 16.6. The summed E-state index contributed by atoms with van der Waals surface area (Å²) in [5.74, 6) is -4.91. The summed E-state index contributed by atoms with van der Waals surface area (Å²) in [4.78, 5) is 61.3. The standard InChI is InChI=1S/C34H34O13/c1-43-21-10-9-19-16-20-8-5-14-33-27(19)29(21)47-30(33)22(13-15-34(20,33)42)44-25(37)11-12-26(38)46-28(18-6-3-2-4-7-18)32(41)45-23(31(39)40)17-24(35)36/h2-4,6-7,9-10,13,20,23,28,30,42H,5,8,11-12,14-17H2,1H3,(H,35,36)(H,39,40)/t20-,23+,28-,30+,33+,34-/m0/s1. The van der Waals surface area contributed by atoms with E-state index in [-0.39, 0.29) is 23.7 Å². The molecule has 3 aliphatic carbocycles. The number of carboxylic acids is 2. The summed E-state index contributed by atoms with van der Waals surface area (Å²) in [5, 5.41) is 30.4. The maximum Gasteiger partial charge on any atom is 0.353 e. The van der Waals surface area contributed by atoms with Gasteiger partial charge in [-0.2, -0.15) is 0 Å². The minimum Gasteiger partial charge on any atom is -0.493 e. The van der Waals surface area contributed by atoms with Crippen LogP contribution in [0.3, 0.4) is 0 Å². The van der Waals surface area contributed by atoms with Crippen LogP contribution < -0.4 is 9.47 Å². The van der Waals surface area contributed by atoms with Crippen LogP contribution in [0.15, 0.2) is 54.3 Å². The molecule has 1 heterocycles. The third-order valence-corrected chi connectivity index (χ3v) is 9.69. The van der Waals surface area contributed by atoms with Gasteiger partial charge in [-0.3, -0.25) is 14.4 Å². The Labute approximate surface area is 269 Å². The summed E-state index contributed by atoms with van der Waals surface area (Å²) in [5.41, 5.74) is 0.216. The average Bonchev–Trinajstić information content (AvgIpc) is 3.39. The predicted octanol–water partition coefficient (Wildman–Crippen LogP) is 3.15. The molecular formula is C34H34O13. The van der Waals surface area contributed by atoms with Gasteiger partial charge in [0.1, 0.15) is 5.76 Å². The molecule has 13 heteroatoms. The predicted molar refractivity (Wildman–Crippen MR) is 158 cm³/mol. The molecule has 0 radical (unpaired) electrons. The highest BCUT2D eigenvalue weighted by molar-refractivity contribution is 5.86. The van der Waals surface area contributed by atoms with E-state index < -0.39 is 78.4 Å². The molecule has 1 fully saturated rings. The number of aliphatic hydroxyl groups is 1. The van der Waals surface area contributed by atoms with Crippen LogP contribution in [-0.2, 0) is 50.0 Å². The lowest BCUT2D eigenvalue weighted by atomic mass is 9.47. The second kappa shape index (κ2) is 12.4. The number of carbonyl (C=O) groups is 5. The quantitative estimate of drug-likeness (QED) is 0.224. The van der Waals surface area contributed by atoms with Crippen LogP contribution in [0.2, 0.25) is 0 Å². The third kappa shape index (κ3) is 5.47. The Kier molecular flexibility index (Phi) is 8.43. The summed E-state index contributed by atoms with van der Waals surface area (Å²) in [6.07, 6.45) is -1.43. The third-order valence-electron chi connectivity index (χ3n) is 9.69. The highest BCUT2D eigenvalue weighted by Gasteiger charge is 2.70. The number of rotatable bonds is 12. The monoisotopic (exact) mass is 650 g/mol. The Morgan fingerprint density at radius 2 is 1.74 bits per heavy atom. The van der Waals surface area contributed by atoms with Crippen LogP contribution in [-0.4, -0.2) is 70.1 Å². The number of carboxylic acid groups (broad SMARTS) is 2. The van der Waals surface area contributed by atoms with Gasteiger partial charge in [-0.1, -0.05) is 42.8 Å². The van der Waals surface area contributed by atoms with Gasteiger partial charge in [0.05, 0.1) is 37.4 Å². The van der Waals surface area contributed by atoms with Gasteiger partial charge in [0, 0.05) is 11.1 Å². The Bertz CT molecular complexity index is 1650. The molecular weight excluding hydrogens is 616 g/mol. The number of hydrogen-bond donors (Lipinski definition) is 3. The molecule has 47 heavy (non-hydrogen) atoms. The zero-order valence-electron chi connectivity index (χ0n) is 25.5. The number of carbonyl (C=O) groups excluding carboxylic acids is 3. The first-order chi connectivity index (χ1) is 22.5. The first kappa shape index (κ1) is 32.0. The molecule has 248 valence electrons. The van der Waals surface area contributed by atoms with Gasteiger partial charge in [-0.05, 0) is 49.3 Å². The van der Waals surface area contributed by atoms with Crippen molar-refractivity contribution >= 4 is 29.8 Å². The van der Waals surface area contributed by atoms with Crippen LogP contribution in [0.25, 0.3) is 0 Å². The minimum atomic E-state index is -2.01. The summed E-state index contributed by atoms with van der Waals surface area (Å²) in [6, 6.07) is 11.5. The van der Waals surface area contributed by atoms with E-state index >= 15 is 0 Å². The molecule has 13 nitrogen and oxygen atoms in total. The van der Waals surface area contributed by atoms with Crippen molar-refractivity contribution in [1.82, 2.24) is 0 Å². The smallest absolute Gasteiger partial charge is 0.353 e. The molecule has 1 spiro atoms. The first-order valence-electron chi connectivity index (χ1n) is 15.4. The molecule has 0 amide bonds. The van der Waals surface area contributed by atoms with Gasteiger partial charge >= 0.3 is 29.8 Å². The van der Waals surface area contributed by atoms with Crippen molar-refractivity contribution in [2.24, 2.45) is 5.92 Å². The van der Waals surface area contributed by atoms with E-state index in [4.69, 9.17) is 28.8 Å². The molecule has 1 saturated carbocycles. The summed E-state index contributed by atoms with van der Waals surface area (Å²) >= 11 is 0. The zero-order valence-corrected chi connectivity index (χ0v) is 25.5. The molecule has 3 N–H and O–H groups in total. The lowest BCUT2D eigenvalue weighted by molar-refractivity contribution is -0.179. The van der Waals surface area contributed by atoms with Gasteiger partial charge in [-0.25, -0.2) is 9.59 Å². The Hall–Kier alpha value is -4.91. The van der Waals surface area contributed by atoms with E-state index in [0.29, 0.717) is 24.3 Å². The number of ether oxygens (including phenoxy) is 5. The fourth-order valence-corrected chi connectivity index (χ4v) is 7.68. The highest BCUT2D eigenvalue weighted by Crippen LogP contribution is 2.67. The molecule has 4 aliphatic rings. The summed E-state index contributed by atoms with van der Waals surface area (Å²) in [6.45, 7) is 0. The molecule has 0 aromatic heterocycles. The Morgan fingerprint density at radius 3 is 2.45 bits per heavy atom. The van der Waals surface area contributed by atoms with Crippen LogP contribution in [0, 0.1) is 5.92 Å². The number of aliphatic carboxylic acids is 2. The molecule has 1 aliphatic heterocycles. The first-order valence-corrected chi connectivity index (χ1v) is 15.4. The van der Waals surface area contributed by atoms with Gasteiger partial charge in [0.25, 0.3) is 0 Å². The Morgan fingerprint density at radius 1 is 1.00 bits per heavy atom. The largest absolute Gasteiger partial charge is 0.493 e. The zero-order chi connectivity index (χ0) is 33.5.